The molecule has 0 saturated heterocycles. The van der Waals surface area contributed by atoms with Crippen molar-refractivity contribution in [3.8, 4) is 11.5 Å². The molecule has 0 bridgehead atoms. The van der Waals surface area contributed by atoms with E-state index in [1.54, 1.807) is 18.2 Å². The Morgan fingerprint density at radius 2 is 1.81 bits per heavy atom. The van der Waals surface area contributed by atoms with Gasteiger partial charge in [-0.1, -0.05) is 6.07 Å². The molecule has 21 heavy (non-hydrogen) atoms. The van der Waals surface area contributed by atoms with Crippen LogP contribution in [0.5, 0.6) is 11.5 Å². The summed E-state index contributed by atoms with van der Waals surface area (Å²) in [5.74, 6) is -0.0903. The van der Waals surface area contributed by atoms with Crippen molar-refractivity contribution < 1.29 is 24.2 Å². The number of carboxylic acids is 1. The third-order valence-electron chi connectivity index (χ3n) is 3.47. The van der Waals surface area contributed by atoms with Gasteiger partial charge in [-0.25, -0.2) is 0 Å². The van der Waals surface area contributed by atoms with Crippen LogP contribution in [0.3, 0.4) is 0 Å². The molecule has 6 nitrogen and oxygen atoms in total. The van der Waals surface area contributed by atoms with Crippen molar-refractivity contribution in [3.63, 3.8) is 0 Å². The van der Waals surface area contributed by atoms with Crippen molar-refractivity contribution in [2.75, 3.05) is 20.8 Å². The first-order valence-corrected chi connectivity index (χ1v) is 6.78. The molecule has 0 aromatic heterocycles. The molecule has 0 unspecified atom stereocenters. The first-order valence-electron chi connectivity index (χ1n) is 6.78. The third kappa shape index (κ3) is 3.65. The van der Waals surface area contributed by atoms with Crippen LogP contribution in [0.25, 0.3) is 0 Å². The van der Waals surface area contributed by atoms with Gasteiger partial charge in [-0.3, -0.25) is 9.59 Å². The van der Waals surface area contributed by atoms with Crippen molar-refractivity contribution in [1.29, 1.82) is 0 Å². The standard InChI is InChI=1S/C15H19NO5/c1-20-12-4-3-5-13(21-2)11(12)8-14(17)16(9-15(18)19)10-6-7-10/h3-5,10H,6-9H2,1-2H3,(H,18,19). The van der Waals surface area contributed by atoms with Crippen LogP contribution in [0, 0.1) is 0 Å². The fraction of sp³-hybridized carbons (Fsp3) is 0.467. The summed E-state index contributed by atoms with van der Waals surface area (Å²) >= 11 is 0. The van der Waals surface area contributed by atoms with Crippen LogP contribution in [-0.2, 0) is 16.0 Å². The molecule has 1 N–H and O–H groups in total. The van der Waals surface area contributed by atoms with E-state index < -0.39 is 5.97 Å². The Kier molecular flexibility index (Phi) is 4.67. The summed E-state index contributed by atoms with van der Waals surface area (Å²) in [6.45, 7) is -0.263. The second kappa shape index (κ2) is 6.47. The maximum absolute atomic E-state index is 12.4. The fourth-order valence-corrected chi connectivity index (χ4v) is 2.31. The molecule has 0 spiro atoms. The summed E-state index contributed by atoms with van der Waals surface area (Å²) < 4.78 is 10.5. The first-order chi connectivity index (χ1) is 10.1. The van der Waals surface area contributed by atoms with Crippen molar-refractivity contribution in [2.24, 2.45) is 0 Å². The van der Waals surface area contributed by atoms with Crippen LogP contribution >= 0.6 is 0 Å². The fourth-order valence-electron chi connectivity index (χ4n) is 2.31. The highest BCUT2D eigenvalue weighted by Gasteiger charge is 2.34. The maximum atomic E-state index is 12.4. The van der Waals surface area contributed by atoms with Crippen molar-refractivity contribution in [3.05, 3.63) is 23.8 Å². The summed E-state index contributed by atoms with van der Waals surface area (Å²) in [5.41, 5.74) is 0.642. The van der Waals surface area contributed by atoms with E-state index in [-0.39, 0.29) is 24.9 Å². The van der Waals surface area contributed by atoms with E-state index in [4.69, 9.17) is 14.6 Å². The van der Waals surface area contributed by atoms with Crippen molar-refractivity contribution >= 4 is 11.9 Å². The highest BCUT2D eigenvalue weighted by Crippen LogP contribution is 2.31. The van der Waals surface area contributed by atoms with Crippen LogP contribution in [0.4, 0.5) is 0 Å². The Bertz CT molecular complexity index is 517. The molecular weight excluding hydrogens is 274 g/mol. The monoisotopic (exact) mass is 293 g/mol. The van der Waals surface area contributed by atoms with E-state index in [0.717, 1.165) is 12.8 Å². The molecule has 1 aromatic carbocycles. The number of aliphatic carboxylic acids is 1. The van der Waals surface area contributed by atoms with E-state index in [1.165, 1.54) is 19.1 Å². The molecule has 0 radical (unpaired) electrons. The molecule has 1 aliphatic rings. The van der Waals surface area contributed by atoms with E-state index in [2.05, 4.69) is 0 Å². The van der Waals surface area contributed by atoms with Crippen LogP contribution in [0.2, 0.25) is 0 Å². The lowest BCUT2D eigenvalue weighted by Crippen LogP contribution is -2.38. The predicted molar refractivity (Wildman–Crippen MR) is 75.6 cm³/mol. The topological polar surface area (TPSA) is 76.1 Å². The van der Waals surface area contributed by atoms with Crippen LogP contribution < -0.4 is 9.47 Å². The second-order valence-electron chi connectivity index (χ2n) is 4.96. The van der Waals surface area contributed by atoms with Gasteiger partial charge in [0.05, 0.1) is 20.6 Å². The summed E-state index contributed by atoms with van der Waals surface area (Å²) in [6, 6.07) is 5.34. The quantitative estimate of drug-likeness (QED) is 0.820. The Morgan fingerprint density at radius 1 is 1.24 bits per heavy atom. The van der Waals surface area contributed by atoms with Gasteiger partial charge in [0.15, 0.2) is 0 Å². The van der Waals surface area contributed by atoms with Crippen LogP contribution in [0.1, 0.15) is 18.4 Å². The molecule has 1 amide bonds. The highest BCUT2D eigenvalue weighted by molar-refractivity contribution is 5.84. The smallest absolute Gasteiger partial charge is 0.323 e. The molecular formula is C15H19NO5. The summed E-state index contributed by atoms with van der Waals surface area (Å²) in [6.07, 6.45) is 1.79. The molecule has 1 fully saturated rings. The zero-order valence-corrected chi connectivity index (χ0v) is 12.2. The number of methoxy groups -OCH3 is 2. The van der Waals surface area contributed by atoms with Gasteiger partial charge in [-0.15, -0.1) is 0 Å². The number of benzene rings is 1. The minimum absolute atomic E-state index is 0.0503. The number of ether oxygens (including phenoxy) is 2. The summed E-state index contributed by atoms with van der Waals surface area (Å²) in [4.78, 5) is 24.7. The molecule has 1 aromatic rings. The lowest BCUT2D eigenvalue weighted by molar-refractivity contribution is -0.144. The SMILES string of the molecule is COc1cccc(OC)c1CC(=O)N(CC(=O)O)C1CC1. The van der Waals surface area contributed by atoms with Gasteiger partial charge in [0.2, 0.25) is 5.91 Å². The Labute approximate surface area is 123 Å². The van der Waals surface area contributed by atoms with Gasteiger partial charge >= 0.3 is 5.97 Å². The molecule has 2 rings (SSSR count). The highest BCUT2D eigenvalue weighted by atomic mass is 16.5. The normalized spacial score (nSPS) is 13.6. The van der Waals surface area contributed by atoms with Gasteiger partial charge in [-0.2, -0.15) is 0 Å². The van der Waals surface area contributed by atoms with Gasteiger partial charge in [-0.05, 0) is 25.0 Å². The molecule has 1 aliphatic carbocycles. The molecule has 0 atom stereocenters. The minimum atomic E-state index is -0.998. The Balaban J connectivity index is 2.19. The number of amides is 1. The van der Waals surface area contributed by atoms with E-state index in [0.29, 0.717) is 17.1 Å². The number of nitrogens with zero attached hydrogens (tertiary/aromatic N) is 1. The lowest BCUT2D eigenvalue weighted by Gasteiger charge is -2.21. The minimum Gasteiger partial charge on any atom is -0.496 e. The first kappa shape index (κ1) is 15.2. The van der Waals surface area contributed by atoms with Gasteiger partial charge in [0, 0.05) is 11.6 Å². The Hall–Kier alpha value is -2.24. The van der Waals surface area contributed by atoms with Crippen molar-refractivity contribution in [1.82, 2.24) is 4.90 Å². The predicted octanol–water partition coefficient (Wildman–Crippen LogP) is 1.32. The van der Waals surface area contributed by atoms with E-state index in [9.17, 15) is 9.59 Å². The molecule has 6 heteroatoms. The number of carboxylic acid groups (broad SMARTS) is 1. The van der Waals surface area contributed by atoms with Crippen LogP contribution in [0.15, 0.2) is 18.2 Å². The van der Waals surface area contributed by atoms with Gasteiger partial charge in [0.25, 0.3) is 0 Å². The Morgan fingerprint density at radius 3 is 2.24 bits per heavy atom. The number of carbonyl (C=O) groups is 2. The molecule has 1 saturated carbocycles. The molecule has 114 valence electrons. The number of hydrogen-bond donors (Lipinski definition) is 1. The average molecular weight is 293 g/mol. The number of rotatable bonds is 7. The van der Waals surface area contributed by atoms with Crippen LogP contribution in [-0.4, -0.2) is 48.7 Å². The third-order valence-corrected chi connectivity index (χ3v) is 3.47. The number of carbonyl (C=O) groups excluding carboxylic acids is 1. The van der Waals surface area contributed by atoms with Gasteiger partial charge in [0.1, 0.15) is 18.0 Å². The van der Waals surface area contributed by atoms with Gasteiger partial charge < -0.3 is 19.5 Å². The lowest BCUT2D eigenvalue weighted by atomic mass is 10.1. The number of hydrogen-bond acceptors (Lipinski definition) is 4. The largest absolute Gasteiger partial charge is 0.496 e. The summed E-state index contributed by atoms with van der Waals surface area (Å²) in [5, 5.41) is 8.93. The molecule has 0 aliphatic heterocycles. The zero-order chi connectivity index (χ0) is 15.4. The second-order valence-corrected chi connectivity index (χ2v) is 4.96. The zero-order valence-electron chi connectivity index (χ0n) is 12.2. The van der Waals surface area contributed by atoms with E-state index >= 15 is 0 Å². The van der Waals surface area contributed by atoms with Crippen molar-refractivity contribution in [2.45, 2.75) is 25.3 Å². The average Bonchev–Trinajstić information content (AvgIpc) is 3.29. The van der Waals surface area contributed by atoms with E-state index in [1.807, 2.05) is 0 Å². The summed E-state index contributed by atoms with van der Waals surface area (Å²) in [7, 11) is 3.05. The molecule has 0 heterocycles. The maximum Gasteiger partial charge on any atom is 0.323 e.